The van der Waals surface area contributed by atoms with E-state index in [2.05, 4.69) is 19.1 Å². The van der Waals surface area contributed by atoms with Crippen molar-refractivity contribution in [1.29, 1.82) is 0 Å². The minimum absolute atomic E-state index is 0.105. The molecule has 2 aromatic carbocycles. The van der Waals surface area contributed by atoms with Gasteiger partial charge >= 0.3 is 0 Å². The lowest BCUT2D eigenvalue weighted by atomic mass is 9.99. The Bertz CT molecular complexity index is 595. The van der Waals surface area contributed by atoms with Gasteiger partial charge in [-0.2, -0.15) is 0 Å². The Hall–Kier alpha value is -1.51. The summed E-state index contributed by atoms with van der Waals surface area (Å²) < 4.78 is 6.09. The highest BCUT2D eigenvalue weighted by atomic mass is 35.5. The van der Waals surface area contributed by atoms with Crippen LogP contribution in [-0.4, -0.2) is 6.04 Å². The van der Waals surface area contributed by atoms with E-state index in [9.17, 15) is 0 Å². The van der Waals surface area contributed by atoms with E-state index < -0.39 is 0 Å². The SMILES string of the molecule is Cc1cc(OC(c2ccccc2C)C(C)N)ccc1Cl. The number of nitrogens with two attached hydrogens (primary N) is 1. The minimum Gasteiger partial charge on any atom is -0.484 e. The fraction of sp³-hybridized carbons (Fsp3) is 0.294. The van der Waals surface area contributed by atoms with Gasteiger partial charge in [-0.15, -0.1) is 0 Å². The van der Waals surface area contributed by atoms with E-state index in [1.807, 2.05) is 44.2 Å². The number of ether oxygens (including phenoxy) is 1. The van der Waals surface area contributed by atoms with Crippen LogP contribution in [0.25, 0.3) is 0 Å². The molecule has 0 aliphatic heterocycles. The lowest BCUT2D eigenvalue weighted by molar-refractivity contribution is 0.179. The highest BCUT2D eigenvalue weighted by molar-refractivity contribution is 6.31. The van der Waals surface area contributed by atoms with Crippen molar-refractivity contribution in [3.63, 3.8) is 0 Å². The zero-order valence-corrected chi connectivity index (χ0v) is 12.8. The second kappa shape index (κ2) is 6.29. The van der Waals surface area contributed by atoms with Gasteiger partial charge in [0.1, 0.15) is 11.9 Å². The van der Waals surface area contributed by atoms with Crippen molar-refractivity contribution in [2.75, 3.05) is 0 Å². The first kappa shape index (κ1) is 14.9. The molecule has 0 heterocycles. The zero-order chi connectivity index (χ0) is 14.7. The van der Waals surface area contributed by atoms with Crippen molar-refractivity contribution in [3.8, 4) is 5.75 Å². The molecule has 0 amide bonds. The first-order valence-electron chi connectivity index (χ1n) is 6.73. The molecule has 0 spiro atoms. The minimum atomic E-state index is -0.170. The molecular formula is C17H20ClNO. The second-order valence-electron chi connectivity index (χ2n) is 5.17. The van der Waals surface area contributed by atoms with E-state index in [0.29, 0.717) is 0 Å². The lowest BCUT2D eigenvalue weighted by Crippen LogP contribution is -2.29. The van der Waals surface area contributed by atoms with E-state index in [1.54, 1.807) is 0 Å². The number of hydrogen-bond donors (Lipinski definition) is 1. The highest BCUT2D eigenvalue weighted by Crippen LogP contribution is 2.28. The van der Waals surface area contributed by atoms with Gasteiger partial charge in [-0.1, -0.05) is 35.9 Å². The fourth-order valence-electron chi connectivity index (χ4n) is 2.20. The molecule has 0 saturated heterocycles. The third-order valence-corrected chi connectivity index (χ3v) is 3.79. The van der Waals surface area contributed by atoms with Crippen molar-refractivity contribution in [1.82, 2.24) is 0 Å². The maximum absolute atomic E-state index is 6.10. The van der Waals surface area contributed by atoms with Crippen LogP contribution in [-0.2, 0) is 0 Å². The van der Waals surface area contributed by atoms with Crippen molar-refractivity contribution in [2.45, 2.75) is 32.9 Å². The van der Waals surface area contributed by atoms with Gasteiger partial charge in [-0.25, -0.2) is 0 Å². The molecule has 2 atom stereocenters. The number of halogens is 1. The van der Waals surface area contributed by atoms with Crippen LogP contribution >= 0.6 is 11.6 Å². The summed E-state index contributed by atoms with van der Waals surface area (Å²) in [7, 11) is 0. The molecule has 2 N–H and O–H groups in total. The molecule has 0 bridgehead atoms. The Labute approximate surface area is 125 Å². The molecule has 0 fully saturated rings. The molecule has 106 valence electrons. The van der Waals surface area contributed by atoms with E-state index in [1.165, 1.54) is 5.56 Å². The topological polar surface area (TPSA) is 35.2 Å². The number of aryl methyl sites for hydroxylation is 2. The molecular weight excluding hydrogens is 270 g/mol. The molecule has 2 nitrogen and oxygen atoms in total. The van der Waals surface area contributed by atoms with Gasteiger partial charge in [0.05, 0.1) is 0 Å². The molecule has 20 heavy (non-hydrogen) atoms. The monoisotopic (exact) mass is 289 g/mol. The quantitative estimate of drug-likeness (QED) is 0.904. The van der Waals surface area contributed by atoms with E-state index in [0.717, 1.165) is 21.9 Å². The van der Waals surface area contributed by atoms with Gasteiger partial charge in [0, 0.05) is 11.1 Å². The molecule has 0 aromatic heterocycles. The number of rotatable bonds is 4. The number of hydrogen-bond acceptors (Lipinski definition) is 2. The summed E-state index contributed by atoms with van der Waals surface area (Å²) in [6.07, 6.45) is -0.170. The maximum atomic E-state index is 6.10. The Kier molecular flexibility index (Phi) is 4.69. The van der Waals surface area contributed by atoms with Crippen LogP contribution < -0.4 is 10.5 Å². The molecule has 0 aliphatic carbocycles. The van der Waals surface area contributed by atoms with Crippen LogP contribution in [0.3, 0.4) is 0 Å². The molecule has 2 unspecified atom stereocenters. The smallest absolute Gasteiger partial charge is 0.139 e. The first-order chi connectivity index (χ1) is 9.49. The molecule has 2 rings (SSSR count). The standard InChI is InChI=1S/C17H20ClNO/c1-11-6-4-5-7-15(11)17(13(3)19)20-14-8-9-16(18)12(2)10-14/h4-10,13,17H,19H2,1-3H3. The maximum Gasteiger partial charge on any atom is 0.139 e. The van der Waals surface area contributed by atoms with Gasteiger partial charge in [0.15, 0.2) is 0 Å². The van der Waals surface area contributed by atoms with Crippen molar-refractivity contribution in [2.24, 2.45) is 5.73 Å². The third-order valence-electron chi connectivity index (χ3n) is 3.36. The van der Waals surface area contributed by atoms with E-state index >= 15 is 0 Å². The Morgan fingerprint density at radius 1 is 1.05 bits per heavy atom. The summed E-state index contributed by atoms with van der Waals surface area (Å²) in [5.41, 5.74) is 9.40. The van der Waals surface area contributed by atoms with Crippen LogP contribution in [0.2, 0.25) is 5.02 Å². The fourth-order valence-corrected chi connectivity index (χ4v) is 2.31. The summed E-state index contributed by atoms with van der Waals surface area (Å²) in [6, 6.07) is 13.7. The normalized spacial score (nSPS) is 13.8. The van der Waals surface area contributed by atoms with Gasteiger partial charge in [0.25, 0.3) is 0 Å². The molecule has 0 radical (unpaired) electrons. The van der Waals surface area contributed by atoms with Crippen LogP contribution in [0, 0.1) is 13.8 Å². The van der Waals surface area contributed by atoms with Crippen molar-refractivity contribution in [3.05, 3.63) is 64.2 Å². The summed E-state index contributed by atoms with van der Waals surface area (Å²) in [5.74, 6) is 0.789. The van der Waals surface area contributed by atoms with Crippen LogP contribution in [0.1, 0.15) is 29.7 Å². The lowest BCUT2D eigenvalue weighted by Gasteiger charge is -2.24. The Morgan fingerprint density at radius 3 is 2.35 bits per heavy atom. The molecule has 0 saturated carbocycles. The van der Waals surface area contributed by atoms with Gasteiger partial charge in [-0.05, 0) is 55.7 Å². The van der Waals surface area contributed by atoms with Crippen LogP contribution in [0.15, 0.2) is 42.5 Å². The average Bonchev–Trinajstić information content (AvgIpc) is 2.41. The second-order valence-corrected chi connectivity index (χ2v) is 5.57. The summed E-state index contributed by atoms with van der Waals surface area (Å²) in [5, 5.41) is 0.741. The summed E-state index contributed by atoms with van der Waals surface area (Å²) in [4.78, 5) is 0. The predicted octanol–water partition coefficient (Wildman–Crippen LogP) is 4.42. The molecule has 2 aromatic rings. The van der Waals surface area contributed by atoms with Crippen LogP contribution in [0.5, 0.6) is 5.75 Å². The van der Waals surface area contributed by atoms with Crippen molar-refractivity contribution < 1.29 is 4.74 Å². The summed E-state index contributed by atoms with van der Waals surface area (Å²) in [6.45, 7) is 5.99. The Morgan fingerprint density at radius 2 is 1.75 bits per heavy atom. The van der Waals surface area contributed by atoms with Gasteiger partial charge < -0.3 is 10.5 Å². The highest BCUT2D eigenvalue weighted by Gasteiger charge is 2.20. The first-order valence-corrected chi connectivity index (χ1v) is 7.10. The predicted molar refractivity (Wildman–Crippen MR) is 84.4 cm³/mol. The van der Waals surface area contributed by atoms with E-state index in [4.69, 9.17) is 22.1 Å². The molecule has 0 aliphatic rings. The van der Waals surface area contributed by atoms with Gasteiger partial charge in [0.2, 0.25) is 0 Å². The zero-order valence-electron chi connectivity index (χ0n) is 12.1. The number of benzene rings is 2. The average molecular weight is 290 g/mol. The van der Waals surface area contributed by atoms with Crippen LogP contribution in [0.4, 0.5) is 0 Å². The third kappa shape index (κ3) is 3.33. The van der Waals surface area contributed by atoms with Gasteiger partial charge in [-0.3, -0.25) is 0 Å². The molecule has 3 heteroatoms. The van der Waals surface area contributed by atoms with Crippen molar-refractivity contribution >= 4 is 11.6 Å². The largest absolute Gasteiger partial charge is 0.484 e. The summed E-state index contributed by atoms with van der Waals surface area (Å²) >= 11 is 6.04. The van der Waals surface area contributed by atoms with E-state index in [-0.39, 0.29) is 12.1 Å². The Balaban J connectivity index is 2.31.